The first-order chi connectivity index (χ1) is 7.36. The van der Waals surface area contributed by atoms with E-state index in [1.807, 2.05) is 0 Å². The molecule has 0 unspecified atom stereocenters. The predicted octanol–water partition coefficient (Wildman–Crippen LogP) is 3.22. The maximum atomic E-state index is 3.63. The van der Waals surface area contributed by atoms with E-state index in [1.54, 1.807) is 0 Å². The van der Waals surface area contributed by atoms with Crippen LogP contribution in [0.15, 0.2) is 30.3 Å². The minimum atomic E-state index is 0. The lowest BCUT2D eigenvalue weighted by Gasteiger charge is -2.27. The van der Waals surface area contributed by atoms with Crippen LogP contribution in [0.25, 0.3) is 0 Å². The van der Waals surface area contributed by atoms with E-state index in [0.717, 1.165) is 12.5 Å². The van der Waals surface area contributed by atoms with Gasteiger partial charge in [0, 0.05) is 28.4 Å². The summed E-state index contributed by atoms with van der Waals surface area (Å²) >= 11 is 3.63. The van der Waals surface area contributed by atoms with Gasteiger partial charge in [-0.1, -0.05) is 18.2 Å². The van der Waals surface area contributed by atoms with Gasteiger partial charge < -0.3 is 9.24 Å². The van der Waals surface area contributed by atoms with Gasteiger partial charge in [0.15, 0.2) is 0 Å². The first kappa shape index (κ1) is 13.8. The van der Waals surface area contributed by atoms with E-state index in [0.29, 0.717) is 0 Å². The second kappa shape index (κ2) is 7.15. The van der Waals surface area contributed by atoms with Gasteiger partial charge in [-0.3, -0.25) is 0 Å². The molecule has 0 aliphatic carbocycles. The highest BCUT2D eigenvalue weighted by Crippen LogP contribution is 2.22. The number of benzene rings is 1. The number of nitrogens with one attached hydrogen (secondary N) is 1. The molecule has 0 radical (unpaired) electrons. The standard InChI is InChI=1S/C12H17BrN2.ClH/c13-15(12-4-2-1-3-5-12)10-11-6-8-14-9-7-11;/h1-5,11,14H,6-10H2;1H. The van der Waals surface area contributed by atoms with Crippen molar-refractivity contribution in [2.75, 3.05) is 23.6 Å². The third kappa shape index (κ3) is 3.96. The summed E-state index contributed by atoms with van der Waals surface area (Å²) in [7, 11) is 0. The molecular weight excluding hydrogens is 288 g/mol. The molecule has 0 aromatic heterocycles. The normalized spacial score (nSPS) is 16.6. The minimum Gasteiger partial charge on any atom is -0.317 e. The Bertz CT molecular complexity index is 288. The summed E-state index contributed by atoms with van der Waals surface area (Å²) in [5, 5.41) is 3.39. The van der Waals surface area contributed by atoms with Gasteiger partial charge in [-0.05, 0) is 44.0 Å². The molecule has 1 N–H and O–H groups in total. The first-order valence-electron chi connectivity index (χ1n) is 5.55. The Morgan fingerprint density at radius 1 is 1.19 bits per heavy atom. The van der Waals surface area contributed by atoms with Crippen LogP contribution in [0.1, 0.15) is 12.8 Å². The number of rotatable bonds is 3. The highest BCUT2D eigenvalue weighted by atomic mass is 79.9. The zero-order valence-corrected chi connectivity index (χ0v) is 11.6. The van der Waals surface area contributed by atoms with Crippen LogP contribution in [-0.4, -0.2) is 19.6 Å². The second-order valence-corrected chi connectivity index (χ2v) is 4.93. The molecule has 1 aliphatic heterocycles. The highest BCUT2D eigenvalue weighted by molar-refractivity contribution is 9.10. The lowest BCUT2D eigenvalue weighted by Crippen LogP contribution is -2.32. The molecule has 1 heterocycles. The first-order valence-corrected chi connectivity index (χ1v) is 6.26. The number of anilines is 1. The average molecular weight is 306 g/mol. The van der Waals surface area contributed by atoms with Crippen molar-refractivity contribution >= 4 is 34.2 Å². The molecule has 16 heavy (non-hydrogen) atoms. The molecule has 0 saturated carbocycles. The number of halogens is 2. The van der Waals surface area contributed by atoms with E-state index in [1.165, 1.54) is 31.6 Å². The summed E-state index contributed by atoms with van der Waals surface area (Å²) < 4.78 is 2.18. The molecule has 0 atom stereocenters. The molecule has 0 spiro atoms. The maximum absolute atomic E-state index is 3.63. The molecule has 0 amide bonds. The lowest BCUT2D eigenvalue weighted by atomic mass is 9.98. The van der Waals surface area contributed by atoms with Crippen molar-refractivity contribution in [3.05, 3.63) is 30.3 Å². The Morgan fingerprint density at radius 2 is 1.81 bits per heavy atom. The van der Waals surface area contributed by atoms with E-state index in [9.17, 15) is 0 Å². The second-order valence-electron chi connectivity index (χ2n) is 4.07. The van der Waals surface area contributed by atoms with E-state index in [4.69, 9.17) is 0 Å². The van der Waals surface area contributed by atoms with Crippen molar-refractivity contribution in [2.24, 2.45) is 5.92 Å². The smallest absolute Gasteiger partial charge is 0.0496 e. The van der Waals surface area contributed by atoms with Crippen LogP contribution in [0.3, 0.4) is 0 Å². The van der Waals surface area contributed by atoms with Gasteiger partial charge in [-0.15, -0.1) is 12.4 Å². The van der Waals surface area contributed by atoms with Crippen LogP contribution in [0.2, 0.25) is 0 Å². The quantitative estimate of drug-likeness (QED) is 0.863. The fourth-order valence-corrected chi connectivity index (χ4v) is 2.63. The van der Waals surface area contributed by atoms with Crippen LogP contribution in [0, 0.1) is 5.92 Å². The minimum absolute atomic E-state index is 0. The Balaban J connectivity index is 0.00000128. The summed E-state index contributed by atoms with van der Waals surface area (Å²) in [6, 6.07) is 10.5. The van der Waals surface area contributed by atoms with Gasteiger partial charge in [-0.2, -0.15) is 0 Å². The maximum Gasteiger partial charge on any atom is 0.0496 e. The summed E-state index contributed by atoms with van der Waals surface area (Å²) in [5.74, 6) is 0.811. The van der Waals surface area contributed by atoms with E-state index < -0.39 is 0 Å². The number of hydrogen-bond donors (Lipinski definition) is 1. The summed E-state index contributed by atoms with van der Waals surface area (Å²) in [4.78, 5) is 0. The fourth-order valence-electron chi connectivity index (χ4n) is 1.99. The van der Waals surface area contributed by atoms with E-state index in [-0.39, 0.29) is 12.4 Å². The van der Waals surface area contributed by atoms with Crippen molar-refractivity contribution in [3.8, 4) is 0 Å². The van der Waals surface area contributed by atoms with Crippen LogP contribution in [-0.2, 0) is 0 Å². The van der Waals surface area contributed by atoms with Crippen molar-refractivity contribution in [3.63, 3.8) is 0 Å². The van der Waals surface area contributed by atoms with Crippen molar-refractivity contribution in [1.29, 1.82) is 0 Å². The van der Waals surface area contributed by atoms with Crippen molar-refractivity contribution in [2.45, 2.75) is 12.8 Å². The zero-order chi connectivity index (χ0) is 10.5. The van der Waals surface area contributed by atoms with Gasteiger partial charge in [0.1, 0.15) is 0 Å². The van der Waals surface area contributed by atoms with Crippen LogP contribution in [0.4, 0.5) is 5.69 Å². The molecule has 1 fully saturated rings. The molecule has 1 aromatic rings. The Kier molecular flexibility index (Phi) is 6.17. The fraction of sp³-hybridized carbons (Fsp3) is 0.500. The Hall–Kier alpha value is -0.250. The zero-order valence-electron chi connectivity index (χ0n) is 9.23. The molecule has 2 rings (SSSR count). The van der Waals surface area contributed by atoms with Crippen molar-refractivity contribution in [1.82, 2.24) is 5.32 Å². The molecule has 4 heteroatoms. The highest BCUT2D eigenvalue weighted by Gasteiger charge is 2.15. The van der Waals surface area contributed by atoms with Crippen LogP contribution >= 0.6 is 28.6 Å². The summed E-state index contributed by atoms with van der Waals surface area (Å²) in [6.07, 6.45) is 2.57. The number of piperidine rings is 1. The monoisotopic (exact) mass is 304 g/mol. The van der Waals surface area contributed by atoms with Crippen LogP contribution in [0.5, 0.6) is 0 Å². The summed E-state index contributed by atoms with van der Waals surface area (Å²) in [6.45, 7) is 3.44. The van der Waals surface area contributed by atoms with Gasteiger partial charge in [0.2, 0.25) is 0 Å². The number of nitrogens with zero attached hydrogens (tertiary/aromatic N) is 1. The number of hydrogen-bond acceptors (Lipinski definition) is 2. The molecular formula is C12H18BrClN2. The Labute approximate surface area is 112 Å². The predicted molar refractivity (Wildman–Crippen MR) is 75.6 cm³/mol. The van der Waals surface area contributed by atoms with Gasteiger partial charge >= 0.3 is 0 Å². The third-order valence-electron chi connectivity index (χ3n) is 2.91. The van der Waals surface area contributed by atoms with Gasteiger partial charge in [0.05, 0.1) is 0 Å². The molecule has 0 bridgehead atoms. The molecule has 90 valence electrons. The van der Waals surface area contributed by atoms with Gasteiger partial charge in [-0.25, -0.2) is 0 Å². The third-order valence-corrected chi connectivity index (χ3v) is 3.61. The molecule has 2 nitrogen and oxygen atoms in total. The van der Waals surface area contributed by atoms with Gasteiger partial charge in [0.25, 0.3) is 0 Å². The molecule has 1 saturated heterocycles. The van der Waals surface area contributed by atoms with E-state index in [2.05, 4.69) is 55.7 Å². The molecule has 1 aliphatic rings. The van der Waals surface area contributed by atoms with Crippen LogP contribution < -0.4 is 9.24 Å². The summed E-state index contributed by atoms with van der Waals surface area (Å²) in [5.41, 5.74) is 1.25. The SMILES string of the molecule is BrN(CC1CCNCC1)c1ccccc1.Cl. The average Bonchev–Trinajstić information content (AvgIpc) is 2.31. The number of para-hydroxylation sites is 1. The van der Waals surface area contributed by atoms with Crippen molar-refractivity contribution < 1.29 is 0 Å². The lowest BCUT2D eigenvalue weighted by molar-refractivity contribution is 0.385. The Morgan fingerprint density at radius 3 is 2.44 bits per heavy atom. The van der Waals surface area contributed by atoms with E-state index >= 15 is 0 Å². The largest absolute Gasteiger partial charge is 0.317 e. The molecule has 1 aromatic carbocycles. The topological polar surface area (TPSA) is 15.3 Å².